The molecular weight excluding hydrogens is 310 g/mol. The van der Waals surface area contributed by atoms with Gasteiger partial charge in [-0.15, -0.1) is 0 Å². The molecule has 0 amide bonds. The first kappa shape index (κ1) is 11.8. The smallest absolute Gasteiger partial charge is 0.182 e. The van der Waals surface area contributed by atoms with E-state index in [1.807, 2.05) is 4.90 Å². The molecule has 5 heteroatoms. The second kappa shape index (κ2) is 5.15. The molecule has 0 aromatic heterocycles. The number of Topliss-reactive ketones (excluding diaryl/α,β-unsaturated/α-hetero) is 2. The number of hydrogen-bond donors (Lipinski definition) is 0. The summed E-state index contributed by atoms with van der Waals surface area (Å²) in [5.74, 6) is -0.529. The number of ketones is 2. The van der Waals surface area contributed by atoms with Gasteiger partial charge >= 0.3 is 0 Å². The van der Waals surface area contributed by atoms with Crippen LogP contribution < -0.4 is 0 Å². The van der Waals surface area contributed by atoms with Gasteiger partial charge in [0.1, 0.15) is 4.80 Å². The van der Waals surface area contributed by atoms with E-state index >= 15 is 0 Å². The van der Waals surface area contributed by atoms with E-state index in [1.165, 1.54) is 0 Å². The van der Waals surface area contributed by atoms with Crippen LogP contribution in [0.5, 0.6) is 0 Å². The summed E-state index contributed by atoms with van der Waals surface area (Å²) in [6.07, 6.45) is 0. The van der Waals surface area contributed by atoms with Crippen molar-refractivity contribution in [3.05, 3.63) is 35.4 Å². The molecule has 1 heterocycles. The van der Waals surface area contributed by atoms with Crippen LogP contribution in [-0.4, -0.2) is 53.6 Å². The number of alkyl halides is 1. The molecule has 2 unspecified atom stereocenters. The molecule has 0 bridgehead atoms. The molecule has 2 atom stereocenters. The van der Waals surface area contributed by atoms with E-state index in [-0.39, 0.29) is 11.6 Å². The van der Waals surface area contributed by atoms with Crippen molar-refractivity contribution in [2.24, 2.45) is 0 Å². The third-order valence-corrected chi connectivity index (χ3v) is 4.35. The number of fused-ring (bicyclic) bond motifs is 1. The van der Waals surface area contributed by atoms with Gasteiger partial charge in [0.25, 0.3) is 0 Å². The largest absolute Gasteiger partial charge is 0.379 e. The number of carbonyl (C=O) groups is 2. The lowest BCUT2D eigenvalue weighted by Gasteiger charge is -2.38. The molecule has 3 rings (SSSR count). The van der Waals surface area contributed by atoms with Gasteiger partial charge in [-0.25, -0.2) is 0 Å². The summed E-state index contributed by atoms with van der Waals surface area (Å²) in [5, 5.41) is 0. The van der Waals surface area contributed by atoms with Gasteiger partial charge in [-0.05, 0) is 0 Å². The molecule has 0 saturated carbocycles. The molecule has 1 aliphatic heterocycles. The molecule has 1 aromatic rings. The predicted octanol–water partition coefficient (Wildman–Crippen LogP) is 1.53. The van der Waals surface area contributed by atoms with E-state index in [9.17, 15) is 9.59 Å². The summed E-state index contributed by atoms with van der Waals surface area (Å²) in [6, 6.07) is 5.92. The van der Waals surface area contributed by atoms with Gasteiger partial charge in [-0.2, -0.15) is 0 Å². The molecule has 1 saturated heterocycles. The van der Waals surface area contributed by atoms with Crippen LogP contribution in [0.1, 0.15) is 22.1 Å². The van der Waals surface area contributed by atoms with Crippen molar-refractivity contribution in [1.29, 1.82) is 0 Å². The van der Waals surface area contributed by atoms with E-state index in [1.54, 1.807) is 24.3 Å². The predicted molar refractivity (Wildman–Crippen MR) is 74.0 cm³/mol. The molecule has 4 nitrogen and oxygen atoms in total. The summed E-state index contributed by atoms with van der Waals surface area (Å²) in [4.78, 5) is 25.4. The summed E-state index contributed by atoms with van der Waals surface area (Å²) >= 11 is 3.18. The molecule has 0 radical (unpaired) electrons. The van der Waals surface area contributed by atoms with Crippen molar-refractivity contribution in [3.8, 4) is 0 Å². The lowest BCUT2D eigenvalue weighted by molar-refractivity contribution is 0.0168. The number of hydrogen-bond acceptors (Lipinski definition) is 4. The Morgan fingerprint density at radius 3 is 2.37 bits per heavy atom. The molecular formula is C14H14BrNO3. The van der Waals surface area contributed by atoms with Crippen LogP contribution in [-0.2, 0) is 4.74 Å². The molecule has 1 aromatic carbocycles. The molecule has 0 spiro atoms. The van der Waals surface area contributed by atoms with Gasteiger partial charge in [0.15, 0.2) is 11.6 Å². The third kappa shape index (κ3) is 2.16. The number of halogens is 1. The minimum Gasteiger partial charge on any atom is -0.379 e. The Kier molecular flexibility index (Phi) is 3.19. The Labute approximate surface area is 121 Å². The highest BCUT2D eigenvalue weighted by atomic mass is 79.9. The van der Waals surface area contributed by atoms with Crippen LogP contribution in [0.2, 0.25) is 0 Å². The van der Waals surface area contributed by atoms with Crippen LogP contribution >= 0.6 is 15.9 Å². The fourth-order valence-corrected chi connectivity index (χ4v) is 3.28. The van der Waals surface area contributed by atoms with Crippen LogP contribution in [0.3, 0.4) is 0 Å². The van der Waals surface area contributed by atoms with Gasteiger partial charge < -0.3 is 4.74 Å². The first-order valence-electron chi connectivity index (χ1n) is 6.72. The first-order chi connectivity index (χ1) is 9.53. The number of morpholine rings is 1. The minimum atomic E-state index is -1.63. The van der Waals surface area contributed by atoms with E-state index in [0.717, 1.165) is 0 Å². The topological polar surface area (TPSA) is 46.6 Å². The zero-order valence-electron chi connectivity index (χ0n) is 11.3. The SMILES string of the molecule is [2H]C1(Br)C(=O)c2ccccc2C(=O)C1N1CCOCC1. The standard InChI is InChI=1S/C14H14BrNO3/c15-11-12(16-5-7-19-8-6-16)14(18)10-4-2-1-3-9(10)13(11)17/h1-4,11-12H,5-8H2/i11D. The Bertz CT molecular complexity index is 569. The van der Waals surface area contributed by atoms with Crippen molar-refractivity contribution in [2.45, 2.75) is 10.8 Å². The van der Waals surface area contributed by atoms with Crippen molar-refractivity contribution in [3.63, 3.8) is 0 Å². The number of benzene rings is 1. The van der Waals surface area contributed by atoms with Crippen LogP contribution in [0.4, 0.5) is 0 Å². The second-order valence-corrected chi connectivity index (χ2v) is 5.49. The Hall–Kier alpha value is -1.04. The van der Waals surface area contributed by atoms with Crippen LogP contribution in [0.15, 0.2) is 24.3 Å². The van der Waals surface area contributed by atoms with Crippen molar-refractivity contribution in [1.82, 2.24) is 4.90 Å². The fraction of sp³-hybridized carbons (Fsp3) is 0.429. The second-order valence-electron chi connectivity index (χ2n) is 4.64. The summed E-state index contributed by atoms with van der Waals surface area (Å²) in [5.41, 5.74) is 0.741. The zero-order chi connectivity index (χ0) is 14.3. The maximum Gasteiger partial charge on any atom is 0.182 e. The molecule has 2 aliphatic rings. The number of ether oxygens (including phenoxy) is 1. The number of rotatable bonds is 1. The molecule has 100 valence electrons. The minimum absolute atomic E-state index is 0.172. The van der Waals surface area contributed by atoms with Crippen molar-refractivity contribution in [2.75, 3.05) is 26.3 Å². The van der Waals surface area contributed by atoms with E-state index < -0.39 is 10.8 Å². The van der Waals surface area contributed by atoms with Crippen molar-refractivity contribution >= 4 is 27.5 Å². The normalized spacial score (nSPS) is 32.9. The van der Waals surface area contributed by atoms with Crippen LogP contribution in [0.25, 0.3) is 0 Å². The molecule has 1 fully saturated rings. The molecule has 0 N–H and O–H groups in total. The quantitative estimate of drug-likeness (QED) is 0.735. The van der Waals surface area contributed by atoms with Gasteiger partial charge in [-0.1, -0.05) is 40.2 Å². The third-order valence-electron chi connectivity index (χ3n) is 3.55. The number of nitrogens with zero attached hydrogens (tertiary/aromatic N) is 1. The van der Waals surface area contributed by atoms with E-state index in [0.29, 0.717) is 37.4 Å². The fourth-order valence-electron chi connectivity index (χ4n) is 2.57. The average Bonchev–Trinajstić information content (AvgIpc) is 2.46. The molecule has 1 aliphatic carbocycles. The number of carbonyl (C=O) groups excluding carboxylic acids is 2. The van der Waals surface area contributed by atoms with Gasteiger partial charge in [0.05, 0.1) is 20.6 Å². The van der Waals surface area contributed by atoms with E-state index in [4.69, 9.17) is 6.11 Å². The lowest BCUT2D eigenvalue weighted by Crippen LogP contribution is -2.55. The van der Waals surface area contributed by atoms with Gasteiger partial charge in [0.2, 0.25) is 0 Å². The van der Waals surface area contributed by atoms with E-state index in [2.05, 4.69) is 15.9 Å². The van der Waals surface area contributed by atoms with Crippen molar-refractivity contribution < 1.29 is 15.7 Å². The highest BCUT2D eigenvalue weighted by Crippen LogP contribution is 2.29. The van der Waals surface area contributed by atoms with Gasteiger partial charge in [0, 0.05) is 24.2 Å². The monoisotopic (exact) mass is 324 g/mol. The maximum atomic E-state index is 12.7. The highest BCUT2D eigenvalue weighted by Gasteiger charge is 2.43. The average molecular weight is 325 g/mol. The highest BCUT2D eigenvalue weighted by molar-refractivity contribution is 9.10. The van der Waals surface area contributed by atoms with Crippen LogP contribution in [0, 0.1) is 0 Å². The lowest BCUT2D eigenvalue weighted by atomic mass is 9.85. The Balaban J connectivity index is 2.06. The summed E-state index contributed by atoms with van der Waals surface area (Å²) in [6.45, 7) is 2.14. The zero-order valence-corrected chi connectivity index (χ0v) is 11.9. The van der Waals surface area contributed by atoms with Gasteiger partial charge in [-0.3, -0.25) is 14.5 Å². The maximum absolute atomic E-state index is 12.7. The Morgan fingerprint density at radius 1 is 1.16 bits per heavy atom. The Morgan fingerprint density at radius 2 is 1.74 bits per heavy atom. The molecule has 19 heavy (non-hydrogen) atoms. The first-order valence-corrected chi connectivity index (χ1v) is 7.01. The summed E-state index contributed by atoms with van der Waals surface area (Å²) < 4.78 is 13.6. The summed E-state index contributed by atoms with van der Waals surface area (Å²) in [7, 11) is 0.